The quantitative estimate of drug-likeness (QED) is 0.434. The van der Waals surface area contributed by atoms with E-state index < -0.39 is 11.8 Å². The van der Waals surface area contributed by atoms with Gasteiger partial charge in [0.25, 0.3) is 11.8 Å². The normalized spacial score (nSPS) is 15.3. The van der Waals surface area contributed by atoms with Crippen molar-refractivity contribution in [3.63, 3.8) is 0 Å². The SMILES string of the molecule is CCOc1ccc(N2C(=O)/C(=C/c3cc(OC)c(OC)cc3C)C(=O)NC2=S)cc1. The minimum atomic E-state index is -0.554. The van der Waals surface area contributed by atoms with Crippen molar-refractivity contribution in [2.24, 2.45) is 0 Å². The van der Waals surface area contributed by atoms with Crippen LogP contribution in [-0.2, 0) is 9.59 Å². The zero-order chi connectivity index (χ0) is 21.8. The lowest BCUT2D eigenvalue weighted by Gasteiger charge is -2.29. The molecule has 0 radical (unpaired) electrons. The molecule has 0 spiro atoms. The highest BCUT2D eigenvalue weighted by molar-refractivity contribution is 7.80. The number of nitrogens with zero attached hydrogens (tertiary/aromatic N) is 1. The number of benzene rings is 2. The fourth-order valence-electron chi connectivity index (χ4n) is 3.06. The van der Waals surface area contributed by atoms with Gasteiger partial charge in [0.15, 0.2) is 16.6 Å². The van der Waals surface area contributed by atoms with Crippen LogP contribution < -0.4 is 24.4 Å². The Balaban J connectivity index is 2.00. The second-order valence-corrected chi connectivity index (χ2v) is 6.84. The first-order valence-corrected chi connectivity index (χ1v) is 9.67. The van der Waals surface area contributed by atoms with E-state index in [1.54, 1.807) is 43.5 Å². The smallest absolute Gasteiger partial charge is 0.270 e. The number of hydrogen-bond donors (Lipinski definition) is 1. The van der Waals surface area contributed by atoms with Crippen molar-refractivity contribution in [1.29, 1.82) is 0 Å². The van der Waals surface area contributed by atoms with Gasteiger partial charge in [-0.3, -0.25) is 19.8 Å². The standard InChI is InChI=1S/C22H22N2O5S/c1-5-29-16-8-6-15(7-9-16)24-21(26)17(20(25)23-22(24)30)11-14-12-19(28-4)18(27-3)10-13(14)2/h6-12H,5H2,1-4H3,(H,23,25,30)/b17-11+. The number of rotatable bonds is 6. The van der Waals surface area contributed by atoms with E-state index in [4.69, 9.17) is 26.4 Å². The molecule has 3 rings (SSSR count). The molecule has 0 unspecified atom stereocenters. The van der Waals surface area contributed by atoms with Gasteiger partial charge in [-0.25, -0.2) is 0 Å². The molecular weight excluding hydrogens is 404 g/mol. The van der Waals surface area contributed by atoms with Crippen LogP contribution in [0.3, 0.4) is 0 Å². The molecule has 2 amide bonds. The summed E-state index contributed by atoms with van der Waals surface area (Å²) < 4.78 is 16.1. The highest BCUT2D eigenvalue weighted by Crippen LogP contribution is 2.32. The predicted molar refractivity (Wildman–Crippen MR) is 118 cm³/mol. The summed E-state index contributed by atoms with van der Waals surface area (Å²) in [6.07, 6.45) is 1.53. The summed E-state index contributed by atoms with van der Waals surface area (Å²) in [5, 5.41) is 2.60. The van der Waals surface area contributed by atoms with E-state index in [-0.39, 0.29) is 10.7 Å². The van der Waals surface area contributed by atoms with Gasteiger partial charge >= 0.3 is 0 Å². The second-order valence-electron chi connectivity index (χ2n) is 6.45. The third kappa shape index (κ3) is 4.13. The van der Waals surface area contributed by atoms with Crippen LogP contribution in [0.4, 0.5) is 5.69 Å². The Morgan fingerprint density at radius 1 is 1.07 bits per heavy atom. The molecule has 0 bridgehead atoms. The van der Waals surface area contributed by atoms with Crippen LogP contribution in [0.2, 0.25) is 0 Å². The molecule has 0 aromatic heterocycles. The minimum absolute atomic E-state index is 0.0235. The average molecular weight is 426 g/mol. The Morgan fingerprint density at radius 2 is 1.70 bits per heavy atom. The Labute approximate surface area is 180 Å². The summed E-state index contributed by atoms with van der Waals surface area (Å²) in [5.74, 6) is 0.673. The number of carbonyl (C=O) groups is 2. The third-order valence-electron chi connectivity index (χ3n) is 4.58. The van der Waals surface area contributed by atoms with Crippen molar-refractivity contribution in [3.05, 3.63) is 53.1 Å². The molecule has 1 heterocycles. The van der Waals surface area contributed by atoms with Crippen molar-refractivity contribution >= 4 is 40.9 Å². The zero-order valence-corrected chi connectivity index (χ0v) is 18.0. The fraction of sp³-hybridized carbons (Fsp3) is 0.227. The van der Waals surface area contributed by atoms with Crippen LogP contribution in [0.15, 0.2) is 42.0 Å². The monoisotopic (exact) mass is 426 g/mol. The fourth-order valence-corrected chi connectivity index (χ4v) is 3.34. The predicted octanol–water partition coefficient (Wildman–Crippen LogP) is 3.24. The van der Waals surface area contributed by atoms with Gasteiger partial charge in [0, 0.05) is 0 Å². The Bertz CT molecular complexity index is 1030. The first kappa shape index (κ1) is 21.3. The lowest BCUT2D eigenvalue weighted by atomic mass is 10.0. The summed E-state index contributed by atoms with van der Waals surface area (Å²) in [7, 11) is 3.07. The number of hydrogen-bond acceptors (Lipinski definition) is 6. The van der Waals surface area contributed by atoms with Gasteiger partial charge < -0.3 is 14.2 Å². The molecule has 1 saturated heterocycles. The zero-order valence-electron chi connectivity index (χ0n) is 17.1. The summed E-state index contributed by atoms with van der Waals surface area (Å²) in [6, 6.07) is 10.4. The highest BCUT2D eigenvalue weighted by atomic mass is 32.1. The molecule has 0 saturated carbocycles. The largest absolute Gasteiger partial charge is 0.494 e. The molecular formula is C22H22N2O5S. The number of methoxy groups -OCH3 is 2. The number of amides is 2. The Morgan fingerprint density at radius 3 is 2.30 bits per heavy atom. The second kappa shape index (κ2) is 8.96. The maximum atomic E-state index is 13.2. The number of aryl methyl sites for hydroxylation is 1. The molecule has 2 aromatic rings. The molecule has 2 aromatic carbocycles. The topological polar surface area (TPSA) is 77.1 Å². The molecule has 8 heteroatoms. The summed E-state index contributed by atoms with van der Waals surface area (Å²) in [6.45, 7) is 4.28. The van der Waals surface area contributed by atoms with Crippen LogP contribution in [-0.4, -0.2) is 37.8 Å². The molecule has 0 atom stereocenters. The van der Waals surface area contributed by atoms with Crippen LogP contribution in [0, 0.1) is 6.92 Å². The molecule has 30 heavy (non-hydrogen) atoms. The number of ether oxygens (including phenoxy) is 3. The van der Waals surface area contributed by atoms with Crippen molar-refractivity contribution < 1.29 is 23.8 Å². The van der Waals surface area contributed by atoms with E-state index in [1.807, 2.05) is 13.8 Å². The molecule has 7 nitrogen and oxygen atoms in total. The van der Waals surface area contributed by atoms with Gasteiger partial charge in [-0.15, -0.1) is 0 Å². The molecule has 1 N–H and O–H groups in total. The summed E-state index contributed by atoms with van der Waals surface area (Å²) >= 11 is 5.24. The molecule has 1 fully saturated rings. The van der Waals surface area contributed by atoms with Gasteiger partial charge in [-0.2, -0.15) is 0 Å². The number of nitrogens with one attached hydrogen (secondary N) is 1. The van der Waals surface area contributed by atoms with Gasteiger partial charge in [-0.1, -0.05) is 0 Å². The maximum Gasteiger partial charge on any atom is 0.270 e. The van der Waals surface area contributed by atoms with Gasteiger partial charge in [0.2, 0.25) is 0 Å². The lowest BCUT2D eigenvalue weighted by molar-refractivity contribution is -0.122. The van der Waals surface area contributed by atoms with E-state index in [9.17, 15) is 9.59 Å². The van der Waals surface area contributed by atoms with Crippen molar-refractivity contribution in [3.8, 4) is 17.2 Å². The van der Waals surface area contributed by atoms with Crippen molar-refractivity contribution in [1.82, 2.24) is 5.32 Å². The van der Waals surface area contributed by atoms with Crippen LogP contribution in [0.25, 0.3) is 6.08 Å². The van der Waals surface area contributed by atoms with Crippen LogP contribution >= 0.6 is 12.2 Å². The van der Waals surface area contributed by atoms with Crippen molar-refractivity contribution in [2.75, 3.05) is 25.7 Å². The van der Waals surface area contributed by atoms with Gasteiger partial charge in [0.05, 0.1) is 26.5 Å². The van der Waals surface area contributed by atoms with Crippen LogP contribution in [0.5, 0.6) is 17.2 Å². The lowest BCUT2D eigenvalue weighted by Crippen LogP contribution is -2.54. The minimum Gasteiger partial charge on any atom is -0.494 e. The third-order valence-corrected chi connectivity index (χ3v) is 4.86. The highest BCUT2D eigenvalue weighted by Gasteiger charge is 2.34. The van der Waals surface area contributed by atoms with E-state index >= 15 is 0 Å². The first-order valence-electron chi connectivity index (χ1n) is 9.26. The summed E-state index contributed by atoms with van der Waals surface area (Å²) in [5.41, 5.74) is 1.98. The Hall–Kier alpha value is -3.39. The Kier molecular flexibility index (Phi) is 6.37. The number of carbonyl (C=O) groups excluding carboxylic acids is 2. The molecule has 1 aliphatic rings. The number of anilines is 1. The maximum absolute atomic E-state index is 13.2. The van der Waals surface area contributed by atoms with Gasteiger partial charge in [-0.05, 0) is 79.7 Å². The van der Waals surface area contributed by atoms with Gasteiger partial charge in [0.1, 0.15) is 11.3 Å². The number of thiocarbonyl (C=S) groups is 1. The van der Waals surface area contributed by atoms with E-state index in [0.29, 0.717) is 35.1 Å². The molecule has 156 valence electrons. The average Bonchev–Trinajstić information content (AvgIpc) is 2.73. The first-order chi connectivity index (χ1) is 14.4. The van der Waals surface area contributed by atoms with E-state index in [1.165, 1.54) is 18.1 Å². The molecule has 1 aliphatic heterocycles. The van der Waals surface area contributed by atoms with E-state index in [0.717, 1.165) is 5.56 Å². The van der Waals surface area contributed by atoms with E-state index in [2.05, 4.69) is 5.32 Å². The van der Waals surface area contributed by atoms with Crippen molar-refractivity contribution in [2.45, 2.75) is 13.8 Å². The van der Waals surface area contributed by atoms with Crippen LogP contribution in [0.1, 0.15) is 18.1 Å². The summed E-state index contributed by atoms with van der Waals surface area (Å²) in [4.78, 5) is 27.0. The molecule has 0 aliphatic carbocycles.